The highest BCUT2D eigenvalue weighted by Gasteiger charge is 2.27. The van der Waals surface area contributed by atoms with Gasteiger partial charge >= 0.3 is 0 Å². The van der Waals surface area contributed by atoms with E-state index in [1.165, 1.54) is 17.5 Å². The Kier molecular flexibility index (Phi) is 4.27. The van der Waals surface area contributed by atoms with Gasteiger partial charge in [-0.25, -0.2) is 0 Å². The molecule has 2 amide bonds. The fraction of sp³-hybridized carbons (Fsp3) is 0.579. The van der Waals surface area contributed by atoms with Crippen molar-refractivity contribution in [2.75, 3.05) is 32.7 Å². The molecule has 0 atom stereocenters. The van der Waals surface area contributed by atoms with Crippen LogP contribution in [-0.4, -0.2) is 60.4 Å². The molecular formula is C19H25N3O2. The maximum absolute atomic E-state index is 12.7. The van der Waals surface area contributed by atoms with Crippen molar-refractivity contribution >= 4 is 11.8 Å². The topological polar surface area (TPSA) is 52.7 Å². The monoisotopic (exact) mass is 327 g/mol. The summed E-state index contributed by atoms with van der Waals surface area (Å²) in [5, 5.41) is 3.02. The number of hydrogen-bond donors (Lipinski definition) is 1. The molecule has 1 N–H and O–H groups in total. The number of nitrogens with zero attached hydrogens (tertiary/aromatic N) is 2. The Morgan fingerprint density at radius 2 is 1.79 bits per heavy atom. The number of fused-ring (bicyclic) bond motifs is 1. The van der Waals surface area contributed by atoms with Crippen molar-refractivity contribution in [1.82, 2.24) is 15.1 Å². The van der Waals surface area contributed by atoms with Crippen molar-refractivity contribution in [3.8, 4) is 0 Å². The molecule has 0 aromatic heterocycles. The van der Waals surface area contributed by atoms with Crippen LogP contribution in [0.2, 0.25) is 0 Å². The Bertz CT molecular complexity index is 646. The molecule has 2 aliphatic carbocycles. The number of piperazine rings is 1. The van der Waals surface area contributed by atoms with Gasteiger partial charge in [0.15, 0.2) is 0 Å². The standard InChI is InChI=1S/C19H25N3O2/c23-18(20-17-6-7-17)13-21-8-10-22(11-9-21)19(24)16-5-4-14-2-1-3-15(14)12-16/h4-5,12,17H,1-3,6-11,13H2,(H,20,23). The number of carbonyl (C=O) groups excluding carboxylic acids is 2. The van der Waals surface area contributed by atoms with E-state index in [1.807, 2.05) is 11.0 Å². The van der Waals surface area contributed by atoms with Crippen molar-refractivity contribution in [1.29, 1.82) is 0 Å². The molecule has 0 unspecified atom stereocenters. The Morgan fingerprint density at radius 3 is 2.54 bits per heavy atom. The predicted molar refractivity (Wildman–Crippen MR) is 92.0 cm³/mol. The maximum atomic E-state index is 12.7. The summed E-state index contributed by atoms with van der Waals surface area (Å²) in [5.41, 5.74) is 3.56. The number of amides is 2. The van der Waals surface area contributed by atoms with Crippen molar-refractivity contribution in [3.05, 3.63) is 34.9 Å². The van der Waals surface area contributed by atoms with E-state index in [0.29, 0.717) is 25.7 Å². The van der Waals surface area contributed by atoms with E-state index in [0.717, 1.165) is 44.3 Å². The van der Waals surface area contributed by atoms with Crippen molar-refractivity contribution < 1.29 is 9.59 Å². The Labute approximate surface area is 143 Å². The minimum Gasteiger partial charge on any atom is -0.352 e. The summed E-state index contributed by atoms with van der Waals surface area (Å²) in [4.78, 5) is 28.6. The number of carbonyl (C=O) groups is 2. The van der Waals surface area contributed by atoms with Gasteiger partial charge in [-0.1, -0.05) is 6.07 Å². The summed E-state index contributed by atoms with van der Waals surface area (Å²) < 4.78 is 0. The van der Waals surface area contributed by atoms with E-state index in [4.69, 9.17) is 0 Å². The molecule has 128 valence electrons. The SMILES string of the molecule is O=C(CN1CCN(C(=O)c2ccc3c(c2)CCC3)CC1)NC1CC1. The van der Waals surface area contributed by atoms with Gasteiger partial charge in [0.25, 0.3) is 5.91 Å². The van der Waals surface area contributed by atoms with E-state index < -0.39 is 0 Å². The summed E-state index contributed by atoms with van der Waals surface area (Å²) >= 11 is 0. The molecule has 24 heavy (non-hydrogen) atoms. The van der Waals surface area contributed by atoms with Gasteiger partial charge in [-0.2, -0.15) is 0 Å². The molecule has 1 aromatic rings. The highest BCUT2D eigenvalue weighted by atomic mass is 16.2. The first-order valence-corrected chi connectivity index (χ1v) is 9.12. The lowest BCUT2D eigenvalue weighted by Gasteiger charge is -2.34. The van der Waals surface area contributed by atoms with Crippen LogP contribution in [0.3, 0.4) is 0 Å². The third kappa shape index (κ3) is 3.46. The first kappa shape index (κ1) is 15.6. The second-order valence-corrected chi connectivity index (χ2v) is 7.25. The minimum atomic E-state index is 0.121. The van der Waals surface area contributed by atoms with Gasteiger partial charge in [-0.05, 0) is 55.4 Å². The van der Waals surface area contributed by atoms with Gasteiger partial charge in [0, 0.05) is 37.8 Å². The van der Waals surface area contributed by atoms with E-state index >= 15 is 0 Å². The smallest absolute Gasteiger partial charge is 0.253 e. The third-order valence-corrected chi connectivity index (χ3v) is 5.31. The fourth-order valence-corrected chi connectivity index (χ4v) is 3.70. The van der Waals surface area contributed by atoms with E-state index in [2.05, 4.69) is 22.3 Å². The molecule has 4 rings (SSSR count). The van der Waals surface area contributed by atoms with Gasteiger partial charge in [-0.15, -0.1) is 0 Å². The molecule has 5 heteroatoms. The van der Waals surface area contributed by atoms with Crippen LogP contribution in [0.25, 0.3) is 0 Å². The first-order chi connectivity index (χ1) is 11.7. The van der Waals surface area contributed by atoms with Crippen molar-refractivity contribution in [2.24, 2.45) is 0 Å². The van der Waals surface area contributed by atoms with Gasteiger partial charge in [-0.3, -0.25) is 14.5 Å². The van der Waals surface area contributed by atoms with E-state index in [-0.39, 0.29) is 11.8 Å². The van der Waals surface area contributed by atoms with E-state index in [1.54, 1.807) is 0 Å². The average Bonchev–Trinajstić information content (AvgIpc) is 3.27. The van der Waals surface area contributed by atoms with Gasteiger partial charge in [0.1, 0.15) is 0 Å². The zero-order valence-corrected chi connectivity index (χ0v) is 14.1. The van der Waals surface area contributed by atoms with Crippen LogP contribution in [-0.2, 0) is 17.6 Å². The minimum absolute atomic E-state index is 0.121. The molecule has 0 radical (unpaired) electrons. The second kappa shape index (κ2) is 6.55. The zero-order valence-electron chi connectivity index (χ0n) is 14.1. The summed E-state index contributed by atoms with van der Waals surface area (Å²) in [6.45, 7) is 3.40. The lowest BCUT2D eigenvalue weighted by molar-refractivity contribution is -0.122. The Hall–Kier alpha value is -1.88. The molecule has 1 saturated carbocycles. The number of aryl methyl sites for hydroxylation is 2. The van der Waals surface area contributed by atoms with Crippen molar-refractivity contribution in [2.45, 2.75) is 38.1 Å². The highest BCUT2D eigenvalue weighted by molar-refractivity contribution is 5.94. The molecule has 1 saturated heterocycles. The highest BCUT2D eigenvalue weighted by Crippen LogP contribution is 2.23. The number of hydrogen-bond acceptors (Lipinski definition) is 3. The van der Waals surface area contributed by atoms with Crippen LogP contribution < -0.4 is 5.32 Å². The molecule has 0 bridgehead atoms. The van der Waals surface area contributed by atoms with Gasteiger partial charge < -0.3 is 10.2 Å². The van der Waals surface area contributed by atoms with Crippen LogP contribution in [0.15, 0.2) is 18.2 Å². The summed E-state index contributed by atoms with van der Waals surface area (Å²) in [5.74, 6) is 0.252. The molecule has 0 spiro atoms. The predicted octanol–water partition coefficient (Wildman–Crippen LogP) is 1.21. The number of rotatable bonds is 4. The normalized spacial score (nSPS) is 20.8. The van der Waals surface area contributed by atoms with Crippen LogP contribution in [0.4, 0.5) is 0 Å². The Morgan fingerprint density at radius 1 is 1.04 bits per heavy atom. The van der Waals surface area contributed by atoms with Crippen LogP contribution >= 0.6 is 0 Å². The molecule has 2 fully saturated rings. The summed E-state index contributed by atoms with van der Waals surface area (Å²) in [7, 11) is 0. The molecular weight excluding hydrogens is 302 g/mol. The van der Waals surface area contributed by atoms with Crippen LogP contribution in [0.5, 0.6) is 0 Å². The number of benzene rings is 1. The average molecular weight is 327 g/mol. The Balaban J connectivity index is 1.30. The zero-order chi connectivity index (χ0) is 16.5. The van der Waals surface area contributed by atoms with Crippen molar-refractivity contribution in [3.63, 3.8) is 0 Å². The van der Waals surface area contributed by atoms with E-state index in [9.17, 15) is 9.59 Å². The summed E-state index contributed by atoms with van der Waals surface area (Å²) in [6.07, 6.45) is 5.68. The molecule has 3 aliphatic rings. The lowest BCUT2D eigenvalue weighted by Crippen LogP contribution is -2.51. The lowest BCUT2D eigenvalue weighted by atomic mass is 10.1. The maximum Gasteiger partial charge on any atom is 0.253 e. The van der Waals surface area contributed by atoms with Gasteiger partial charge in [0.05, 0.1) is 6.54 Å². The molecule has 1 aliphatic heterocycles. The molecule has 1 heterocycles. The number of nitrogens with one attached hydrogen (secondary N) is 1. The third-order valence-electron chi connectivity index (χ3n) is 5.31. The second-order valence-electron chi connectivity index (χ2n) is 7.25. The largest absolute Gasteiger partial charge is 0.352 e. The van der Waals surface area contributed by atoms with Gasteiger partial charge in [0.2, 0.25) is 5.91 Å². The molecule has 1 aromatic carbocycles. The fourth-order valence-electron chi connectivity index (χ4n) is 3.70. The summed E-state index contributed by atoms with van der Waals surface area (Å²) in [6, 6.07) is 6.59. The van der Waals surface area contributed by atoms with Crippen LogP contribution in [0.1, 0.15) is 40.7 Å². The van der Waals surface area contributed by atoms with Crippen LogP contribution in [0, 0.1) is 0 Å². The molecule has 5 nitrogen and oxygen atoms in total. The first-order valence-electron chi connectivity index (χ1n) is 9.12. The quantitative estimate of drug-likeness (QED) is 0.904.